The van der Waals surface area contributed by atoms with Gasteiger partial charge in [-0.25, -0.2) is 4.99 Å². The number of aliphatic imine (C=N–C) groups is 1. The number of nitrogens with zero attached hydrogens (tertiary/aromatic N) is 1. The molecule has 4 heteroatoms. The van der Waals surface area contributed by atoms with Crippen LogP contribution in [-0.2, 0) is 0 Å². The van der Waals surface area contributed by atoms with Crippen molar-refractivity contribution in [3.05, 3.63) is 29.8 Å². The van der Waals surface area contributed by atoms with Gasteiger partial charge in [-0.05, 0) is 37.8 Å². The Hall–Kier alpha value is -1.22. The molecule has 17 heavy (non-hydrogen) atoms. The first-order chi connectivity index (χ1) is 7.79. The zero-order chi connectivity index (χ0) is 11.0. The number of nitrogens with one attached hydrogen (secondary N) is 1. The maximum absolute atomic E-state index is 6.06. The van der Waals surface area contributed by atoms with Crippen LogP contribution in [-0.4, -0.2) is 11.5 Å². The molecule has 1 saturated carbocycles. The Morgan fingerprint density at radius 1 is 1.12 bits per heavy atom. The number of anilines is 1. The maximum atomic E-state index is 6.06. The van der Waals surface area contributed by atoms with Crippen LogP contribution in [0.25, 0.3) is 0 Å². The molecule has 0 aromatic heterocycles. The smallest absolute Gasteiger partial charge is 0.131 e. The molecule has 0 unspecified atom stereocenters. The highest BCUT2D eigenvalue weighted by Crippen LogP contribution is 2.36. The number of fused-ring (bicyclic) bond motifs is 1. The van der Waals surface area contributed by atoms with Gasteiger partial charge in [0.15, 0.2) is 0 Å². The van der Waals surface area contributed by atoms with E-state index in [2.05, 4.69) is 11.4 Å². The van der Waals surface area contributed by atoms with E-state index in [1.54, 1.807) is 0 Å². The minimum atomic E-state index is -0.114. The SMILES string of the molecule is Cl.NC1=NC2(CCCCC2)Nc2ccccc21. The molecule has 1 aliphatic carbocycles. The maximum Gasteiger partial charge on any atom is 0.131 e. The number of hydrogen-bond acceptors (Lipinski definition) is 3. The fraction of sp³-hybridized carbons (Fsp3) is 0.462. The molecule has 3 N–H and O–H groups in total. The summed E-state index contributed by atoms with van der Waals surface area (Å²) < 4.78 is 0. The molecule has 1 heterocycles. The molecule has 0 amide bonds. The average Bonchev–Trinajstić information content (AvgIpc) is 2.30. The van der Waals surface area contributed by atoms with E-state index in [-0.39, 0.29) is 18.1 Å². The highest BCUT2D eigenvalue weighted by Gasteiger charge is 2.35. The Morgan fingerprint density at radius 2 is 1.82 bits per heavy atom. The lowest BCUT2D eigenvalue weighted by molar-refractivity contribution is 0.333. The van der Waals surface area contributed by atoms with Crippen LogP contribution >= 0.6 is 12.4 Å². The molecule has 92 valence electrons. The van der Waals surface area contributed by atoms with Crippen LogP contribution in [0.15, 0.2) is 29.3 Å². The Labute approximate surface area is 108 Å². The van der Waals surface area contributed by atoms with Gasteiger partial charge in [-0.1, -0.05) is 18.6 Å². The third kappa shape index (κ3) is 2.12. The highest BCUT2D eigenvalue weighted by molar-refractivity contribution is 6.04. The standard InChI is InChI=1S/C13H17N3.ClH/c14-12-10-6-2-3-7-11(10)15-13(16-12)8-4-1-5-9-13;/h2-3,6-7,15H,1,4-5,8-9H2,(H2,14,16);1H. The van der Waals surface area contributed by atoms with Gasteiger partial charge in [0.1, 0.15) is 11.5 Å². The van der Waals surface area contributed by atoms with Crippen LogP contribution in [0.3, 0.4) is 0 Å². The Kier molecular flexibility index (Phi) is 3.29. The predicted octanol–water partition coefficient (Wildman–Crippen LogP) is 2.90. The van der Waals surface area contributed by atoms with Crippen molar-refractivity contribution >= 4 is 23.9 Å². The summed E-state index contributed by atoms with van der Waals surface area (Å²) in [6, 6.07) is 8.16. The van der Waals surface area contributed by atoms with Crippen LogP contribution in [0.2, 0.25) is 0 Å². The second-order valence-corrected chi connectivity index (χ2v) is 4.76. The minimum Gasteiger partial charge on any atom is -0.383 e. The molecule has 0 radical (unpaired) electrons. The van der Waals surface area contributed by atoms with Crippen molar-refractivity contribution < 1.29 is 0 Å². The van der Waals surface area contributed by atoms with Crippen LogP contribution in [0.1, 0.15) is 37.7 Å². The summed E-state index contributed by atoms with van der Waals surface area (Å²) in [5.74, 6) is 0.691. The van der Waals surface area contributed by atoms with Crippen molar-refractivity contribution in [2.75, 3.05) is 5.32 Å². The zero-order valence-corrected chi connectivity index (χ0v) is 10.6. The van der Waals surface area contributed by atoms with Gasteiger partial charge in [-0.15, -0.1) is 12.4 Å². The van der Waals surface area contributed by atoms with Crippen LogP contribution < -0.4 is 11.1 Å². The number of para-hydroxylation sites is 1. The summed E-state index contributed by atoms with van der Waals surface area (Å²) in [6.45, 7) is 0. The lowest BCUT2D eigenvalue weighted by atomic mass is 9.87. The van der Waals surface area contributed by atoms with E-state index in [0.29, 0.717) is 5.84 Å². The highest BCUT2D eigenvalue weighted by atomic mass is 35.5. The van der Waals surface area contributed by atoms with Crippen molar-refractivity contribution in [1.29, 1.82) is 0 Å². The topological polar surface area (TPSA) is 50.4 Å². The van der Waals surface area contributed by atoms with E-state index < -0.39 is 0 Å². The summed E-state index contributed by atoms with van der Waals surface area (Å²) >= 11 is 0. The van der Waals surface area contributed by atoms with Crippen molar-refractivity contribution in [2.45, 2.75) is 37.8 Å². The Morgan fingerprint density at radius 3 is 2.59 bits per heavy atom. The normalized spacial score (nSPS) is 20.8. The van der Waals surface area contributed by atoms with Crippen LogP contribution in [0.5, 0.6) is 0 Å². The van der Waals surface area contributed by atoms with Gasteiger partial charge in [-0.2, -0.15) is 0 Å². The van der Waals surface area contributed by atoms with E-state index >= 15 is 0 Å². The van der Waals surface area contributed by atoms with E-state index in [1.165, 1.54) is 19.3 Å². The molecule has 1 spiro atoms. The number of rotatable bonds is 0. The van der Waals surface area contributed by atoms with Crippen molar-refractivity contribution in [1.82, 2.24) is 0 Å². The average molecular weight is 252 g/mol. The number of benzene rings is 1. The molecule has 1 aromatic carbocycles. The van der Waals surface area contributed by atoms with E-state index in [4.69, 9.17) is 10.7 Å². The molecule has 1 aliphatic heterocycles. The van der Waals surface area contributed by atoms with E-state index in [9.17, 15) is 0 Å². The molecule has 2 aliphatic rings. The number of hydrogen-bond donors (Lipinski definition) is 2. The quantitative estimate of drug-likeness (QED) is 0.745. The zero-order valence-electron chi connectivity index (χ0n) is 9.78. The van der Waals surface area contributed by atoms with E-state index in [0.717, 1.165) is 24.1 Å². The largest absolute Gasteiger partial charge is 0.383 e. The number of halogens is 1. The number of amidine groups is 1. The number of nitrogens with two attached hydrogens (primary N) is 1. The first kappa shape index (κ1) is 12.2. The first-order valence-electron chi connectivity index (χ1n) is 6.02. The fourth-order valence-electron chi connectivity index (χ4n) is 2.76. The first-order valence-corrected chi connectivity index (χ1v) is 6.02. The lowest BCUT2D eigenvalue weighted by Gasteiger charge is -2.39. The van der Waals surface area contributed by atoms with Gasteiger partial charge in [0.05, 0.1) is 0 Å². The van der Waals surface area contributed by atoms with Gasteiger partial charge in [0.2, 0.25) is 0 Å². The van der Waals surface area contributed by atoms with Crippen molar-refractivity contribution in [2.24, 2.45) is 10.7 Å². The van der Waals surface area contributed by atoms with E-state index in [1.807, 2.05) is 18.2 Å². The summed E-state index contributed by atoms with van der Waals surface area (Å²) in [6.07, 6.45) is 6.00. The second-order valence-electron chi connectivity index (χ2n) is 4.76. The molecular weight excluding hydrogens is 234 g/mol. The molecule has 0 atom stereocenters. The third-order valence-electron chi connectivity index (χ3n) is 3.59. The Balaban J connectivity index is 0.00000108. The predicted molar refractivity (Wildman–Crippen MR) is 73.9 cm³/mol. The summed E-state index contributed by atoms with van der Waals surface area (Å²) in [7, 11) is 0. The summed E-state index contributed by atoms with van der Waals surface area (Å²) in [4.78, 5) is 4.70. The monoisotopic (exact) mass is 251 g/mol. The fourth-order valence-corrected chi connectivity index (χ4v) is 2.76. The lowest BCUT2D eigenvalue weighted by Crippen LogP contribution is -2.43. The molecule has 3 nitrogen and oxygen atoms in total. The van der Waals surface area contributed by atoms with Crippen LogP contribution in [0.4, 0.5) is 5.69 Å². The molecule has 3 rings (SSSR count). The van der Waals surface area contributed by atoms with Crippen molar-refractivity contribution in [3.8, 4) is 0 Å². The van der Waals surface area contributed by atoms with Gasteiger partial charge in [0, 0.05) is 11.3 Å². The van der Waals surface area contributed by atoms with Gasteiger partial charge >= 0.3 is 0 Å². The molecule has 0 saturated heterocycles. The van der Waals surface area contributed by atoms with Gasteiger partial charge in [-0.3, -0.25) is 0 Å². The summed E-state index contributed by atoms with van der Waals surface area (Å²) in [5.41, 5.74) is 8.12. The van der Waals surface area contributed by atoms with Crippen molar-refractivity contribution in [3.63, 3.8) is 0 Å². The Bertz CT molecular complexity index is 436. The van der Waals surface area contributed by atoms with Gasteiger partial charge < -0.3 is 11.1 Å². The minimum absolute atomic E-state index is 0. The molecular formula is C13H18ClN3. The second kappa shape index (κ2) is 4.57. The third-order valence-corrected chi connectivity index (χ3v) is 3.59. The van der Waals surface area contributed by atoms with Crippen LogP contribution in [0, 0.1) is 0 Å². The molecule has 1 fully saturated rings. The summed E-state index contributed by atoms with van der Waals surface area (Å²) in [5, 5.41) is 3.58. The van der Waals surface area contributed by atoms with Gasteiger partial charge in [0.25, 0.3) is 0 Å². The molecule has 1 aromatic rings. The molecule has 0 bridgehead atoms.